The molecule has 0 aliphatic rings. The smallest absolute Gasteiger partial charge is 0.340 e. The van der Waals surface area contributed by atoms with Gasteiger partial charge < -0.3 is 19.8 Å². The Hall–Kier alpha value is -3.09. The van der Waals surface area contributed by atoms with E-state index in [1.54, 1.807) is 43.3 Å². The van der Waals surface area contributed by atoms with Crippen molar-refractivity contribution in [2.24, 2.45) is 5.41 Å². The van der Waals surface area contributed by atoms with Gasteiger partial charge in [0.1, 0.15) is 11.2 Å². The van der Waals surface area contributed by atoms with Crippen LogP contribution in [0.5, 0.6) is 0 Å². The number of ether oxygens (including phenoxy) is 1. The third-order valence-electron chi connectivity index (χ3n) is 3.81. The van der Waals surface area contributed by atoms with Crippen molar-refractivity contribution in [3.63, 3.8) is 0 Å². The summed E-state index contributed by atoms with van der Waals surface area (Å²) in [6, 6.07) is 9.93. The van der Waals surface area contributed by atoms with Crippen molar-refractivity contribution in [1.29, 1.82) is 0 Å². The molecule has 2 aromatic rings. The Morgan fingerprint density at radius 3 is 2.46 bits per heavy atom. The van der Waals surface area contributed by atoms with Crippen molar-refractivity contribution in [1.82, 2.24) is 5.32 Å². The van der Waals surface area contributed by atoms with Crippen molar-refractivity contribution < 1.29 is 23.5 Å². The molecule has 1 aromatic carbocycles. The van der Waals surface area contributed by atoms with Gasteiger partial charge in [0.05, 0.1) is 30.7 Å². The zero-order chi connectivity index (χ0) is 19.2. The third kappa shape index (κ3) is 4.50. The fourth-order valence-electron chi connectivity index (χ4n) is 2.16. The van der Waals surface area contributed by atoms with E-state index in [-0.39, 0.29) is 18.7 Å². The first-order valence-electron chi connectivity index (χ1n) is 8.24. The van der Waals surface area contributed by atoms with Crippen molar-refractivity contribution in [3.8, 4) is 0 Å². The van der Waals surface area contributed by atoms with Crippen LogP contribution in [-0.2, 0) is 20.9 Å². The normalized spacial score (nSPS) is 10.9. The molecule has 0 aliphatic carbocycles. The molecular weight excluding hydrogens is 336 g/mol. The van der Waals surface area contributed by atoms with Crippen LogP contribution in [0.3, 0.4) is 0 Å². The van der Waals surface area contributed by atoms with Gasteiger partial charge in [-0.1, -0.05) is 12.1 Å². The first-order chi connectivity index (χ1) is 12.4. The maximum atomic E-state index is 12.6. The number of carbonyl (C=O) groups excluding carboxylic acids is 3. The average Bonchev–Trinajstić information content (AvgIpc) is 3.13. The number of benzene rings is 1. The number of nitrogens with one attached hydrogen (secondary N) is 2. The number of para-hydroxylation sites is 1. The fraction of sp³-hybridized carbons (Fsp3) is 0.316. The predicted octanol–water partition coefficient (Wildman–Crippen LogP) is 2.74. The van der Waals surface area contributed by atoms with Gasteiger partial charge in [-0.15, -0.1) is 0 Å². The van der Waals surface area contributed by atoms with E-state index in [1.807, 2.05) is 0 Å². The molecule has 7 heteroatoms. The van der Waals surface area contributed by atoms with E-state index in [9.17, 15) is 14.4 Å². The Bertz CT molecular complexity index is 781. The van der Waals surface area contributed by atoms with Gasteiger partial charge in [0.15, 0.2) is 0 Å². The number of rotatable bonds is 7. The molecule has 0 radical (unpaired) electrons. The highest BCUT2D eigenvalue weighted by molar-refractivity contribution is 6.11. The van der Waals surface area contributed by atoms with E-state index in [1.165, 1.54) is 20.1 Å². The lowest BCUT2D eigenvalue weighted by molar-refractivity contribution is -0.138. The molecule has 0 saturated heterocycles. The molecule has 0 atom stereocenters. The molecule has 2 amide bonds. The lowest BCUT2D eigenvalue weighted by Gasteiger charge is -2.23. The third-order valence-corrected chi connectivity index (χ3v) is 3.81. The molecule has 0 fully saturated rings. The maximum absolute atomic E-state index is 12.6. The zero-order valence-electron chi connectivity index (χ0n) is 15.0. The van der Waals surface area contributed by atoms with E-state index in [0.29, 0.717) is 11.4 Å². The van der Waals surface area contributed by atoms with Gasteiger partial charge in [-0.05, 0) is 45.0 Å². The van der Waals surface area contributed by atoms with Crippen LogP contribution in [-0.4, -0.2) is 24.4 Å². The second kappa shape index (κ2) is 8.33. The monoisotopic (exact) mass is 358 g/mol. The number of anilines is 1. The summed E-state index contributed by atoms with van der Waals surface area (Å²) in [7, 11) is 0. The van der Waals surface area contributed by atoms with Gasteiger partial charge in [-0.25, -0.2) is 4.79 Å². The summed E-state index contributed by atoms with van der Waals surface area (Å²) >= 11 is 0. The minimum absolute atomic E-state index is 0.182. The van der Waals surface area contributed by atoms with E-state index >= 15 is 0 Å². The number of furan rings is 1. The molecule has 0 spiro atoms. The second-order valence-corrected chi connectivity index (χ2v) is 6.11. The summed E-state index contributed by atoms with van der Waals surface area (Å²) in [6.45, 7) is 5.12. The molecule has 2 N–H and O–H groups in total. The van der Waals surface area contributed by atoms with E-state index in [0.717, 1.165) is 0 Å². The molecule has 0 aliphatic heterocycles. The second-order valence-electron chi connectivity index (χ2n) is 6.11. The summed E-state index contributed by atoms with van der Waals surface area (Å²) in [5.74, 6) is -0.947. The Morgan fingerprint density at radius 1 is 1.08 bits per heavy atom. The number of hydrogen-bond acceptors (Lipinski definition) is 5. The minimum atomic E-state index is -1.35. The Morgan fingerprint density at radius 2 is 1.81 bits per heavy atom. The van der Waals surface area contributed by atoms with E-state index in [4.69, 9.17) is 9.15 Å². The molecule has 1 heterocycles. The van der Waals surface area contributed by atoms with Crippen molar-refractivity contribution in [2.45, 2.75) is 27.3 Å². The molecule has 2 rings (SSSR count). The minimum Gasteiger partial charge on any atom is -0.467 e. The summed E-state index contributed by atoms with van der Waals surface area (Å²) in [5, 5.41) is 5.30. The number of esters is 1. The highest BCUT2D eigenvalue weighted by Crippen LogP contribution is 2.22. The standard InChI is InChI=1S/C19H22N2O5/c1-4-25-16(22)14-9-5-6-10-15(14)21-18(24)19(2,3)17(23)20-12-13-8-7-11-26-13/h5-11H,4,12H2,1-3H3,(H,20,23)(H,21,24). The average molecular weight is 358 g/mol. The summed E-state index contributed by atoms with van der Waals surface area (Å²) in [5.41, 5.74) is -0.827. The lowest BCUT2D eigenvalue weighted by atomic mass is 9.90. The molecule has 7 nitrogen and oxygen atoms in total. The van der Waals surface area contributed by atoms with Crippen LogP contribution in [0.15, 0.2) is 47.1 Å². The SMILES string of the molecule is CCOC(=O)c1ccccc1NC(=O)C(C)(C)C(=O)NCc1ccco1. The van der Waals surface area contributed by atoms with Crippen molar-refractivity contribution >= 4 is 23.5 Å². The van der Waals surface area contributed by atoms with Gasteiger partial charge in [-0.2, -0.15) is 0 Å². The summed E-state index contributed by atoms with van der Waals surface area (Å²) < 4.78 is 10.1. The Balaban J connectivity index is 2.08. The van der Waals surface area contributed by atoms with Crippen LogP contribution in [0.4, 0.5) is 5.69 Å². The van der Waals surface area contributed by atoms with Gasteiger partial charge in [0.25, 0.3) is 0 Å². The number of hydrogen-bond donors (Lipinski definition) is 2. The molecule has 0 unspecified atom stereocenters. The predicted molar refractivity (Wildman–Crippen MR) is 95.4 cm³/mol. The van der Waals surface area contributed by atoms with Crippen LogP contribution >= 0.6 is 0 Å². The number of carbonyl (C=O) groups is 3. The molecule has 26 heavy (non-hydrogen) atoms. The zero-order valence-corrected chi connectivity index (χ0v) is 15.0. The molecule has 0 bridgehead atoms. The van der Waals surface area contributed by atoms with Crippen LogP contribution < -0.4 is 10.6 Å². The molecule has 138 valence electrons. The highest BCUT2D eigenvalue weighted by atomic mass is 16.5. The molecule has 0 saturated carbocycles. The molecule has 1 aromatic heterocycles. The Kier molecular flexibility index (Phi) is 6.16. The number of amides is 2. The lowest BCUT2D eigenvalue weighted by Crippen LogP contribution is -2.45. The van der Waals surface area contributed by atoms with Crippen LogP contribution in [0.2, 0.25) is 0 Å². The fourth-order valence-corrected chi connectivity index (χ4v) is 2.16. The summed E-state index contributed by atoms with van der Waals surface area (Å²) in [6.07, 6.45) is 1.51. The van der Waals surface area contributed by atoms with E-state index < -0.39 is 23.2 Å². The van der Waals surface area contributed by atoms with Crippen LogP contribution in [0.25, 0.3) is 0 Å². The first-order valence-corrected chi connectivity index (χ1v) is 8.24. The van der Waals surface area contributed by atoms with Gasteiger partial charge in [0, 0.05) is 0 Å². The van der Waals surface area contributed by atoms with E-state index in [2.05, 4.69) is 10.6 Å². The van der Waals surface area contributed by atoms with Crippen molar-refractivity contribution in [3.05, 3.63) is 54.0 Å². The van der Waals surface area contributed by atoms with Gasteiger partial charge in [0.2, 0.25) is 11.8 Å². The first kappa shape index (κ1) is 19.2. The molecular formula is C19H22N2O5. The Labute approximate surface area is 151 Å². The maximum Gasteiger partial charge on any atom is 0.340 e. The summed E-state index contributed by atoms with van der Waals surface area (Å²) in [4.78, 5) is 37.0. The van der Waals surface area contributed by atoms with Gasteiger partial charge in [-0.3, -0.25) is 9.59 Å². The van der Waals surface area contributed by atoms with Gasteiger partial charge >= 0.3 is 5.97 Å². The van der Waals surface area contributed by atoms with Crippen LogP contribution in [0, 0.1) is 5.41 Å². The quantitative estimate of drug-likeness (QED) is 0.586. The van der Waals surface area contributed by atoms with Crippen LogP contribution in [0.1, 0.15) is 36.9 Å². The van der Waals surface area contributed by atoms with Crippen molar-refractivity contribution in [2.75, 3.05) is 11.9 Å². The largest absolute Gasteiger partial charge is 0.467 e. The highest BCUT2D eigenvalue weighted by Gasteiger charge is 2.36. The topological polar surface area (TPSA) is 97.6 Å².